The maximum Gasteiger partial charge on any atom is 0.291 e. The molecule has 0 saturated carbocycles. The Morgan fingerprint density at radius 3 is 1.69 bits per heavy atom. The fourth-order valence-electron chi connectivity index (χ4n) is 0.568. The van der Waals surface area contributed by atoms with E-state index in [0.29, 0.717) is 0 Å². The highest BCUT2D eigenvalue weighted by Crippen LogP contribution is 2.02. The molecule has 10 nitrogen and oxygen atoms in total. The third-order valence-corrected chi connectivity index (χ3v) is 1.33. The fourth-order valence-corrected chi connectivity index (χ4v) is 0.568. The van der Waals surface area contributed by atoms with Gasteiger partial charge in [-0.15, -0.1) is 10.1 Å². The molecule has 16 heavy (non-hydrogen) atoms. The molecule has 0 aromatic rings. The van der Waals surface area contributed by atoms with Crippen molar-refractivity contribution >= 4 is 6.29 Å². The fraction of sp³-hybridized carbons (Fsp3) is 0.833. The second-order valence-corrected chi connectivity index (χ2v) is 2.59. The van der Waals surface area contributed by atoms with Crippen molar-refractivity contribution in [2.45, 2.75) is 31.3 Å². The van der Waals surface area contributed by atoms with Gasteiger partial charge in [0.2, 0.25) is 0 Å². The largest absolute Gasteiger partial charge is 0.391 e. The minimum absolute atomic E-state index is 0. The van der Waals surface area contributed by atoms with E-state index in [0.717, 1.165) is 0 Å². The van der Waals surface area contributed by atoms with Crippen molar-refractivity contribution in [2.75, 3.05) is 0 Å². The van der Waals surface area contributed by atoms with Crippen LogP contribution in [0.3, 0.4) is 0 Å². The lowest BCUT2D eigenvalue weighted by atomic mass is 10.1. The molecule has 0 aliphatic carbocycles. The highest BCUT2D eigenvalue weighted by molar-refractivity contribution is 5.56. The number of aldehydes is 1. The third-order valence-electron chi connectivity index (χ3n) is 1.33. The van der Waals surface area contributed by atoms with E-state index < -0.39 is 29.5 Å². The van der Waals surface area contributed by atoms with E-state index in [1.807, 2.05) is 0 Å². The Balaban J connectivity index is -0.000000292. The number of hydrogen-bond donors (Lipinski definition) is 6. The van der Waals surface area contributed by atoms with Crippen LogP contribution in [-0.2, 0) is 4.79 Å². The van der Waals surface area contributed by atoms with Crippen LogP contribution in [0.5, 0.6) is 0 Å². The lowest BCUT2D eigenvalue weighted by Crippen LogP contribution is -2.43. The molecule has 4 atom stereocenters. The van der Waals surface area contributed by atoms with Gasteiger partial charge in [0.05, 0.1) is 6.10 Å². The maximum atomic E-state index is 9.87. The van der Waals surface area contributed by atoms with Crippen LogP contribution in [0.15, 0.2) is 0 Å². The van der Waals surface area contributed by atoms with Gasteiger partial charge in [-0.1, -0.05) is 0 Å². The van der Waals surface area contributed by atoms with E-state index in [1.165, 1.54) is 6.92 Å². The maximum absolute atomic E-state index is 9.87. The zero-order chi connectivity index (χ0) is 12.6. The minimum Gasteiger partial charge on any atom is -0.391 e. The molecule has 0 aromatic carbocycles. The monoisotopic (exact) mass is 244 g/mol. The summed E-state index contributed by atoms with van der Waals surface area (Å²) in [7, 11) is 0. The van der Waals surface area contributed by atoms with E-state index in [4.69, 9.17) is 35.7 Å². The molecule has 0 aliphatic rings. The Morgan fingerprint density at radius 2 is 1.50 bits per heavy atom. The summed E-state index contributed by atoms with van der Waals surface area (Å²) < 4.78 is 0. The molecule has 0 aromatic heterocycles. The van der Waals surface area contributed by atoms with Gasteiger partial charge in [0.15, 0.2) is 6.29 Å². The first-order chi connectivity index (χ1) is 6.73. The standard InChI is InChI=1S/C6H12O5.HNO3.H3N/c1-3(8)5(10)6(11)4(9)2-7;2-1(3)4;/h2-6,8-11H,1H3;(H,2,3,4);1H3. The Kier molecular flexibility index (Phi) is 12.8. The zero-order valence-electron chi connectivity index (χ0n) is 8.50. The van der Waals surface area contributed by atoms with Gasteiger partial charge in [0.1, 0.15) is 18.3 Å². The smallest absolute Gasteiger partial charge is 0.291 e. The zero-order valence-corrected chi connectivity index (χ0v) is 8.50. The molecule has 8 N–H and O–H groups in total. The van der Waals surface area contributed by atoms with E-state index in [9.17, 15) is 4.79 Å². The summed E-state index contributed by atoms with van der Waals surface area (Å²) >= 11 is 0. The Labute approximate surface area is 90.4 Å². The van der Waals surface area contributed by atoms with Crippen LogP contribution in [0.1, 0.15) is 6.92 Å². The lowest BCUT2D eigenvalue weighted by Gasteiger charge is -2.21. The van der Waals surface area contributed by atoms with Crippen molar-refractivity contribution in [3.05, 3.63) is 10.1 Å². The summed E-state index contributed by atoms with van der Waals surface area (Å²) in [6.07, 6.45) is -5.88. The molecule has 0 radical (unpaired) electrons. The van der Waals surface area contributed by atoms with Gasteiger partial charge in [-0.3, -0.25) is 0 Å². The van der Waals surface area contributed by atoms with Gasteiger partial charge >= 0.3 is 0 Å². The van der Waals surface area contributed by atoms with Gasteiger partial charge in [0.25, 0.3) is 5.09 Å². The molecule has 0 saturated heterocycles. The second-order valence-electron chi connectivity index (χ2n) is 2.59. The quantitative estimate of drug-likeness (QED) is 0.175. The van der Waals surface area contributed by atoms with Crippen molar-refractivity contribution < 1.29 is 35.5 Å². The van der Waals surface area contributed by atoms with Crippen LogP contribution in [0.4, 0.5) is 0 Å². The first-order valence-corrected chi connectivity index (χ1v) is 3.74. The van der Waals surface area contributed by atoms with Crippen LogP contribution in [0.25, 0.3) is 0 Å². The van der Waals surface area contributed by atoms with Crippen molar-refractivity contribution in [2.24, 2.45) is 0 Å². The van der Waals surface area contributed by atoms with Crippen molar-refractivity contribution in [1.82, 2.24) is 6.15 Å². The highest BCUT2D eigenvalue weighted by atomic mass is 16.9. The lowest BCUT2D eigenvalue weighted by molar-refractivity contribution is -0.742. The molecule has 0 fully saturated rings. The number of hydrogen-bond acceptors (Lipinski definition) is 8. The molecule has 4 unspecified atom stereocenters. The second kappa shape index (κ2) is 10.2. The first-order valence-electron chi connectivity index (χ1n) is 3.74. The van der Waals surface area contributed by atoms with Crippen LogP contribution in [-0.4, -0.2) is 61.4 Å². The number of aliphatic hydroxyl groups is 4. The topological polar surface area (TPSA) is 196 Å². The van der Waals surface area contributed by atoms with Crippen LogP contribution in [0.2, 0.25) is 0 Å². The molecule has 0 bridgehead atoms. The molecule has 0 amide bonds. The molecular weight excluding hydrogens is 228 g/mol. The summed E-state index contributed by atoms with van der Waals surface area (Å²) in [5.74, 6) is 0. The van der Waals surface area contributed by atoms with Crippen LogP contribution >= 0.6 is 0 Å². The number of carbonyl (C=O) groups is 1. The van der Waals surface area contributed by atoms with Crippen molar-refractivity contribution in [3.8, 4) is 0 Å². The van der Waals surface area contributed by atoms with E-state index in [-0.39, 0.29) is 12.4 Å². The molecule has 0 aliphatic heterocycles. The number of rotatable bonds is 4. The highest BCUT2D eigenvalue weighted by Gasteiger charge is 2.27. The Bertz CT molecular complexity index is 195. The van der Waals surface area contributed by atoms with E-state index >= 15 is 0 Å². The number of nitrogens with zero attached hydrogens (tertiary/aromatic N) is 1. The molecule has 0 spiro atoms. The van der Waals surface area contributed by atoms with Gasteiger partial charge in [-0.05, 0) is 6.92 Å². The summed E-state index contributed by atoms with van der Waals surface area (Å²) in [6, 6.07) is 0. The molecule has 0 heterocycles. The molecule has 98 valence electrons. The summed E-state index contributed by atoms with van der Waals surface area (Å²) in [5, 5.41) is 48.7. The van der Waals surface area contributed by atoms with Gasteiger partial charge in [-0.2, -0.15) is 0 Å². The Hall–Kier alpha value is -1.33. The van der Waals surface area contributed by atoms with Gasteiger partial charge < -0.3 is 36.6 Å². The van der Waals surface area contributed by atoms with Crippen molar-refractivity contribution in [3.63, 3.8) is 0 Å². The number of carbonyl (C=O) groups excluding carboxylic acids is 1. The van der Waals surface area contributed by atoms with Crippen LogP contribution in [0, 0.1) is 10.1 Å². The predicted molar refractivity (Wildman–Crippen MR) is 49.6 cm³/mol. The summed E-state index contributed by atoms with van der Waals surface area (Å²) in [4.78, 5) is 18.2. The van der Waals surface area contributed by atoms with E-state index in [1.54, 1.807) is 0 Å². The summed E-state index contributed by atoms with van der Waals surface area (Å²) in [5.41, 5.74) is 0. The Morgan fingerprint density at radius 1 is 1.19 bits per heavy atom. The normalized spacial score (nSPS) is 16.6. The summed E-state index contributed by atoms with van der Waals surface area (Å²) in [6.45, 7) is 1.24. The third kappa shape index (κ3) is 10.7. The molecular formula is C6H16N2O8. The minimum atomic E-state index is -1.65. The van der Waals surface area contributed by atoms with E-state index in [2.05, 4.69) is 0 Å². The van der Waals surface area contributed by atoms with Crippen molar-refractivity contribution in [1.29, 1.82) is 0 Å². The molecule has 10 heteroatoms. The van der Waals surface area contributed by atoms with Crippen LogP contribution < -0.4 is 6.15 Å². The van der Waals surface area contributed by atoms with Gasteiger partial charge in [-0.25, -0.2) is 0 Å². The SMILES string of the molecule is CC(O)C(O)C(O)C(O)C=O.N.O=[N+]([O-])O. The average molecular weight is 244 g/mol. The van der Waals surface area contributed by atoms with Gasteiger partial charge in [0, 0.05) is 0 Å². The first kappa shape index (κ1) is 20.1. The average Bonchev–Trinajstić information content (AvgIpc) is 2.13. The molecule has 0 rings (SSSR count). The number of aliphatic hydroxyl groups excluding tert-OH is 4. The predicted octanol–water partition coefficient (Wildman–Crippen LogP) is -2.54.